The zero-order valence-electron chi connectivity index (χ0n) is 10.8. The number of pyridine rings is 1. The third kappa shape index (κ3) is 2.51. The first-order valence-corrected chi connectivity index (χ1v) is 6.92. The van der Waals surface area contributed by atoms with Gasteiger partial charge < -0.3 is 5.11 Å². The topological polar surface area (TPSA) is 59.3 Å². The normalized spacial score (nSPS) is 10.6. The van der Waals surface area contributed by atoms with E-state index >= 15 is 0 Å². The molecule has 0 atom stereocenters. The number of rotatable bonds is 2. The Bertz CT molecular complexity index is 768. The van der Waals surface area contributed by atoms with Gasteiger partial charge in [0.25, 0.3) is 5.56 Å². The second kappa shape index (κ2) is 5.42. The predicted molar refractivity (Wildman–Crippen MR) is 81.2 cm³/mol. The van der Waals surface area contributed by atoms with Crippen LogP contribution in [0.15, 0.2) is 33.5 Å². The Kier molecular flexibility index (Phi) is 4.01. The Morgan fingerprint density at radius 1 is 1.30 bits per heavy atom. The molecule has 0 aliphatic rings. The fourth-order valence-corrected chi connectivity index (χ4v) is 2.72. The van der Waals surface area contributed by atoms with Gasteiger partial charge in [-0.25, -0.2) is 4.79 Å². The minimum atomic E-state index is -1.07. The Balaban J connectivity index is 2.88. The van der Waals surface area contributed by atoms with Gasteiger partial charge in [-0.05, 0) is 37.6 Å². The Morgan fingerprint density at radius 3 is 2.55 bits per heavy atom. The lowest BCUT2D eigenvalue weighted by molar-refractivity contribution is 0.0694. The number of aryl methyl sites for hydroxylation is 1. The van der Waals surface area contributed by atoms with Crippen molar-refractivity contribution < 1.29 is 9.90 Å². The molecule has 1 aromatic carbocycles. The summed E-state index contributed by atoms with van der Waals surface area (Å²) >= 11 is 9.43. The van der Waals surface area contributed by atoms with E-state index in [1.165, 1.54) is 10.6 Å². The summed E-state index contributed by atoms with van der Waals surface area (Å²) in [5.74, 6) is -1.07. The second-order valence-electron chi connectivity index (χ2n) is 4.36. The monoisotopic (exact) mass is 355 g/mol. The third-order valence-electron chi connectivity index (χ3n) is 3.01. The molecule has 104 valence electrons. The summed E-state index contributed by atoms with van der Waals surface area (Å²) in [7, 11) is 0. The summed E-state index contributed by atoms with van der Waals surface area (Å²) in [4.78, 5) is 23.5. The van der Waals surface area contributed by atoms with Crippen LogP contribution in [0.4, 0.5) is 0 Å². The number of carbonyl (C=O) groups is 1. The smallest absolute Gasteiger partial charge is 0.337 e. The number of hydrogen-bond acceptors (Lipinski definition) is 2. The van der Waals surface area contributed by atoms with E-state index in [1.807, 2.05) is 0 Å². The van der Waals surface area contributed by atoms with E-state index in [-0.39, 0.29) is 11.1 Å². The SMILES string of the molecule is Cc1cc(=O)n(-c2cc(Br)ccc2Cl)c(C)c1C(=O)O. The van der Waals surface area contributed by atoms with Gasteiger partial charge >= 0.3 is 5.97 Å². The highest BCUT2D eigenvalue weighted by atomic mass is 79.9. The summed E-state index contributed by atoms with van der Waals surface area (Å²) in [6.07, 6.45) is 0. The van der Waals surface area contributed by atoms with Crippen LogP contribution in [0.5, 0.6) is 0 Å². The molecule has 0 amide bonds. The number of nitrogens with zero attached hydrogens (tertiary/aromatic N) is 1. The predicted octanol–water partition coefficient (Wildman–Crippen LogP) is 3.57. The molecule has 0 spiro atoms. The molecule has 0 bridgehead atoms. The maximum atomic E-state index is 12.2. The first-order chi connectivity index (χ1) is 9.32. The summed E-state index contributed by atoms with van der Waals surface area (Å²) in [5, 5.41) is 9.65. The van der Waals surface area contributed by atoms with Crippen LogP contribution in [0.25, 0.3) is 5.69 Å². The van der Waals surface area contributed by atoms with E-state index in [0.29, 0.717) is 22.0 Å². The maximum absolute atomic E-state index is 12.2. The van der Waals surface area contributed by atoms with E-state index in [4.69, 9.17) is 11.6 Å². The molecule has 0 unspecified atom stereocenters. The van der Waals surface area contributed by atoms with Crippen molar-refractivity contribution >= 4 is 33.5 Å². The van der Waals surface area contributed by atoms with Crippen molar-refractivity contribution in [3.63, 3.8) is 0 Å². The zero-order chi connectivity index (χ0) is 15.0. The molecule has 0 fully saturated rings. The quantitative estimate of drug-likeness (QED) is 0.895. The molecule has 2 aromatic rings. The molecule has 0 saturated carbocycles. The minimum absolute atomic E-state index is 0.112. The average Bonchev–Trinajstić information content (AvgIpc) is 2.32. The van der Waals surface area contributed by atoms with Crippen LogP contribution >= 0.6 is 27.5 Å². The van der Waals surface area contributed by atoms with Crippen molar-refractivity contribution in [1.29, 1.82) is 0 Å². The molecule has 6 heteroatoms. The van der Waals surface area contributed by atoms with Gasteiger partial charge in [0, 0.05) is 16.2 Å². The Hall–Kier alpha value is -1.59. The molecular formula is C14H11BrClNO3. The number of benzene rings is 1. The molecule has 1 heterocycles. The van der Waals surface area contributed by atoms with Crippen LogP contribution in [0.1, 0.15) is 21.6 Å². The van der Waals surface area contributed by atoms with Gasteiger partial charge in [-0.15, -0.1) is 0 Å². The number of aromatic carboxylic acids is 1. The summed E-state index contributed by atoms with van der Waals surface area (Å²) in [6, 6.07) is 6.37. The molecule has 1 aromatic heterocycles. The van der Waals surface area contributed by atoms with Gasteiger partial charge in [-0.1, -0.05) is 27.5 Å². The fourth-order valence-electron chi connectivity index (χ4n) is 2.16. The molecule has 0 aliphatic heterocycles. The van der Waals surface area contributed by atoms with Gasteiger partial charge in [0.05, 0.1) is 16.3 Å². The van der Waals surface area contributed by atoms with Gasteiger partial charge in [0.15, 0.2) is 0 Å². The highest BCUT2D eigenvalue weighted by molar-refractivity contribution is 9.10. The van der Waals surface area contributed by atoms with Crippen LogP contribution < -0.4 is 5.56 Å². The van der Waals surface area contributed by atoms with Crippen LogP contribution in [-0.2, 0) is 0 Å². The molecule has 2 rings (SSSR count). The van der Waals surface area contributed by atoms with Crippen LogP contribution in [0.3, 0.4) is 0 Å². The number of hydrogen-bond donors (Lipinski definition) is 1. The van der Waals surface area contributed by atoms with Crippen LogP contribution in [0, 0.1) is 13.8 Å². The van der Waals surface area contributed by atoms with Gasteiger partial charge in [-0.3, -0.25) is 9.36 Å². The van der Waals surface area contributed by atoms with Gasteiger partial charge in [-0.2, -0.15) is 0 Å². The van der Waals surface area contributed by atoms with E-state index in [9.17, 15) is 14.7 Å². The second-order valence-corrected chi connectivity index (χ2v) is 5.69. The number of aromatic nitrogens is 1. The number of halogens is 2. The first-order valence-electron chi connectivity index (χ1n) is 5.75. The molecular weight excluding hydrogens is 346 g/mol. The minimum Gasteiger partial charge on any atom is -0.478 e. The standard InChI is InChI=1S/C14H11BrClNO3/c1-7-5-12(18)17(8(2)13(7)14(19)20)11-6-9(15)3-4-10(11)16/h3-6H,1-2H3,(H,19,20). The van der Waals surface area contributed by atoms with Crippen molar-refractivity contribution in [1.82, 2.24) is 4.57 Å². The first kappa shape index (κ1) is 14.8. The number of carboxylic acid groups (broad SMARTS) is 1. The summed E-state index contributed by atoms with van der Waals surface area (Å²) in [6.45, 7) is 3.19. The van der Waals surface area contributed by atoms with E-state index in [2.05, 4.69) is 15.9 Å². The van der Waals surface area contributed by atoms with Crippen molar-refractivity contribution in [3.8, 4) is 5.69 Å². The average molecular weight is 357 g/mol. The van der Waals surface area contributed by atoms with Crippen LogP contribution in [0.2, 0.25) is 5.02 Å². The summed E-state index contributed by atoms with van der Waals surface area (Å²) < 4.78 is 2.06. The fraction of sp³-hybridized carbons (Fsp3) is 0.143. The third-order valence-corrected chi connectivity index (χ3v) is 3.83. The van der Waals surface area contributed by atoms with Crippen molar-refractivity contribution in [3.05, 3.63) is 60.9 Å². The van der Waals surface area contributed by atoms with Crippen molar-refractivity contribution in [2.75, 3.05) is 0 Å². The van der Waals surface area contributed by atoms with Crippen LogP contribution in [-0.4, -0.2) is 15.6 Å². The largest absolute Gasteiger partial charge is 0.478 e. The maximum Gasteiger partial charge on any atom is 0.337 e. The molecule has 0 saturated heterocycles. The number of carboxylic acids is 1. The Labute approximate surface area is 128 Å². The zero-order valence-corrected chi connectivity index (χ0v) is 13.1. The summed E-state index contributed by atoms with van der Waals surface area (Å²) in [5.41, 5.74) is 1.03. The van der Waals surface area contributed by atoms with E-state index in [1.54, 1.807) is 32.0 Å². The lowest BCUT2D eigenvalue weighted by Gasteiger charge is -2.15. The highest BCUT2D eigenvalue weighted by Crippen LogP contribution is 2.25. The Morgan fingerprint density at radius 2 is 1.95 bits per heavy atom. The van der Waals surface area contributed by atoms with E-state index in [0.717, 1.165) is 4.47 Å². The molecule has 0 radical (unpaired) electrons. The van der Waals surface area contributed by atoms with Crippen molar-refractivity contribution in [2.45, 2.75) is 13.8 Å². The van der Waals surface area contributed by atoms with E-state index < -0.39 is 5.97 Å². The van der Waals surface area contributed by atoms with Crippen molar-refractivity contribution in [2.24, 2.45) is 0 Å². The lowest BCUT2D eigenvalue weighted by atomic mass is 10.1. The van der Waals surface area contributed by atoms with Gasteiger partial charge in [0.1, 0.15) is 0 Å². The lowest BCUT2D eigenvalue weighted by Crippen LogP contribution is -2.24. The molecule has 1 N–H and O–H groups in total. The molecule has 0 aliphatic carbocycles. The molecule has 4 nitrogen and oxygen atoms in total. The highest BCUT2D eigenvalue weighted by Gasteiger charge is 2.18. The molecule has 20 heavy (non-hydrogen) atoms. The van der Waals surface area contributed by atoms with Gasteiger partial charge in [0.2, 0.25) is 0 Å².